The number of hydrogen-bond donors (Lipinski definition) is 2. The van der Waals surface area contributed by atoms with Gasteiger partial charge in [-0.15, -0.1) is 0 Å². The van der Waals surface area contributed by atoms with Crippen molar-refractivity contribution in [3.05, 3.63) is 47.0 Å². The Labute approximate surface area is 168 Å². The van der Waals surface area contributed by atoms with Crippen LogP contribution in [0.15, 0.2) is 30.3 Å². The summed E-state index contributed by atoms with van der Waals surface area (Å²) < 4.78 is 22.2. The largest absolute Gasteiger partial charge is 0.507 e. The second-order valence-corrected chi connectivity index (χ2v) is 7.59. The molecule has 0 aromatic heterocycles. The van der Waals surface area contributed by atoms with Crippen LogP contribution in [0.25, 0.3) is 6.08 Å². The SMILES string of the molecule is COc1cc(O)c2c(c1)OC[C@@](O)(c1ccc3c(c1OC)C=CC(C)(C)O3)C2=O. The zero-order valence-electron chi connectivity index (χ0n) is 16.6. The van der Waals surface area contributed by atoms with Gasteiger partial charge in [-0.05, 0) is 38.1 Å². The topological polar surface area (TPSA) is 94.5 Å². The number of aliphatic hydroxyl groups is 1. The van der Waals surface area contributed by atoms with E-state index in [0.717, 1.165) is 0 Å². The average Bonchev–Trinajstić information content (AvgIpc) is 2.68. The van der Waals surface area contributed by atoms with E-state index in [1.54, 1.807) is 12.1 Å². The maximum Gasteiger partial charge on any atom is 0.210 e. The number of phenols is 1. The Balaban J connectivity index is 1.85. The van der Waals surface area contributed by atoms with Crippen LogP contribution in [0.4, 0.5) is 0 Å². The van der Waals surface area contributed by atoms with E-state index in [0.29, 0.717) is 22.8 Å². The molecule has 29 heavy (non-hydrogen) atoms. The van der Waals surface area contributed by atoms with Gasteiger partial charge >= 0.3 is 0 Å². The minimum atomic E-state index is -2.04. The van der Waals surface area contributed by atoms with Gasteiger partial charge in [-0.3, -0.25) is 4.79 Å². The van der Waals surface area contributed by atoms with E-state index >= 15 is 0 Å². The minimum Gasteiger partial charge on any atom is -0.507 e. The van der Waals surface area contributed by atoms with E-state index in [-0.39, 0.29) is 29.2 Å². The van der Waals surface area contributed by atoms with E-state index in [9.17, 15) is 15.0 Å². The first-order chi connectivity index (χ1) is 13.7. The summed E-state index contributed by atoms with van der Waals surface area (Å²) in [5.41, 5.74) is -1.77. The molecule has 0 amide bonds. The third-order valence-corrected chi connectivity index (χ3v) is 5.16. The van der Waals surface area contributed by atoms with Gasteiger partial charge in [0.2, 0.25) is 5.78 Å². The van der Waals surface area contributed by atoms with E-state index in [2.05, 4.69) is 0 Å². The average molecular weight is 398 g/mol. The van der Waals surface area contributed by atoms with Gasteiger partial charge in [0.1, 0.15) is 46.5 Å². The van der Waals surface area contributed by atoms with E-state index in [4.69, 9.17) is 18.9 Å². The Bertz CT molecular complexity index is 1040. The van der Waals surface area contributed by atoms with Crippen LogP contribution >= 0.6 is 0 Å². The highest BCUT2D eigenvalue weighted by molar-refractivity contribution is 6.08. The third-order valence-electron chi connectivity index (χ3n) is 5.16. The number of phenolic OH excluding ortho intramolecular Hbond substituents is 1. The molecule has 0 fully saturated rings. The summed E-state index contributed by atoms with van der Waals surface area (Å²) in [6.07, 6.45) is 3.72. The predicted molar refractivity (Wildman–Crippen MR) is 105 cm³/mol. The van der Waals surface area contributed by atoms with Crippen molar-refractivity contribution in [3.8, 4) is 28.7 Å². The summed E-state index contributed by atoms with van der Waals surface area (Å²) in [6.45, 7) is 3.51. The first-order valence-corrected chi connectivity index (χ1v) is 9.11. The molecule has 0 radical (unpaired) electrons. The summed E-state index contributed by atoms with van der Waals surface area (Å²) in [7, 11) is 2.90. The molecule has 7 heteroatoms. The van der Waals surface area contributed by atoms with Crippen molar-refractivity contribution < 1.29 is 34.0 Å². The number of carbonyl (C=O) groups excluding carboxylic acids is 1. The normalized spacial score (nSPS) is 21.5. The molecule has 2 aliphatic rings. The number of benzene rings is 2. The first-order valence-electron chi connectivity index (χ1n) is 9.11. The minimum absolute atomic E-state index is 0.104. The summed E-state index contributed by atoms with van der Waals surface area (Å²) in [5, 5.41) is 21.7. The first kappa shape index (κ1) is 19.1. The van der Waals surface area contributed by atoms with Gasteiger partial charge in [-0.1, -0.05) is 0 Å². The van der Waals surface area contributed by atoms with Crippen LogP contribution in [-0.4, -0.2) is 42.4 Å². The molecule has 0 aliphatic carbocycles. The molecule has 0 saturated heterocycles. The molecule has 2 aromatic carbocycles. The predicted octanol–water partition coefficient (Wildman–Crippen LogP) is 3.06. The maximum absolute atomic E-state index is 13.3. The van der Waals surface area contributed by atoms with E-state index in [1.807, 2.05) is 26.0 Å². The number of Topliss-reactive ketones (excluding diaryl/α,β-unsaturated/α-hetero) is 1. The zero-order valence-corrected chi connectivity index (χ0v) is 16.6. The summed E-state index contributed by atoms with van der Waals surface area (Å²) in [5.74, 6) is 0.376. The molecule has 0 bridgehead atoms. The van der Waals surface area contributed by atoms with Gasteiger partial charge in [0.05, 0.1) is 19.8 Å². The number of ether oxygens (including phenoxy) is 4. The molecule has 152 valence electrons. The fraction of sp³-hybridized carbons (Fsp3) is 0.318. The number of hydrogen-bond acceptors (Lipinski definition) is 7. The lowest BCUT2D eigenvalue weighted by molar-refractivity contribution is -0.00682. The molecule has 4 rings (SSSR count). The Kier molecular flexibility index (Phi) is 4.24. The second kappa shape index (κ2) is 6.42. The van der Waals surface area contributed by atoms with Gasteiger partial charge in [0.15, 0.2) is 5.60 Å². The summed E-state index contributed by atoms with van der Waals surface area (Å²) in [4.78, 5) is 13.3. The molecule has 2 N–H and O–H groups in total. The molecule has 2 aromatic rings. The maximum atomic E-state index is 13.3. The number of fused-ring (bicyclic) bond motifs is 2. The number of methoxy groups -OCH3 is 2. The van der Waals surface area contributed by atoms with Crippen LogP contribution in [0.1, 0.15) is 35.3 Å². The zero-order chi connectivity index (χ0) is 21.0. The van der Waals surface area contributed by atoms with Crippen LogP contribution < -0.4 is 18.9 Å². The van der Waals surface area contributed by atoms with Crippen molar-refractivity contribution >= 4 is 11.9 Å². The Morgan fingerprint density at radius 3 is 2.55 bits per heavy atom. The lowest BCUT2D eigenvalue weighted by Crippen LogP contribution is -2.45. The fourth-order valence-electron chi connectivity index (χ4n) is 3.67. The summed E-state index contributed by atoms with van der Waals surface area (Å²) >= 11 is 0. The number of ketones is 1. The van der Waals surface area contributed by atoms with Crippen LogP contribution in [0, 0.1) is 0 Å². The molecule has 2 heterocycles. The van der Waals surface area contributed by atoms with Crippen LogP contribution in [0.5, 0.6) is 28.7 Å². The third kappa shape index (κ3) is 2.89. The highest BCUT2D eigenvalue weighted by atomic mass is 16.5. The lowest BCUT2D eigenvalue weighted by Gasteiger charge is -2.35. The smallest absolute Gasteiger partial charge is 0.210 e. The Hall–Kier alpha value is -3.19. The Morgan fingerprint density at radius 2 is 1.86 bits per heavy atom. The van der Waals surface area contributed by atoms with Crippen molar-refractivity contribution in [2.75, 3.05) is 20.8 Å². The van der Waals surface area contributed by atoms with E-state index < -0.39 is 17.0 Å². The molecule has 2 aliphatic heterocycles. The van der Waals surface area contributed by atoms with Crippen molar-refractivity contribution in [2.24, 2.45) is 0 Å². The van der Waals surface area contributed by atoms with Crippen LogP contribution in [0.3, 0.4) is 0 Å². The molecule has 0 saturated carbocycles. The molecule has 0 spiro atoms. The van der Waals surface area contributed by atoms with Gasteiger partial charge in [-0.2, -0.15) is 0 Å². The summed E-state index contributed by atoms with van der Waals surface area (Å²) in [6, 6.07) is 6.07. The van der Waals surface area contributed by atoms with Gasteiger partial charge in [-0.25, -0.2) is 0 Å². The quantitative estimate of drug-likeness (QED) is 0.821. The lowest BCUT2D eigenvalue weighted by atomic mass is 9.82. The Morgan fingerprint density at radius 1 is 1.10 bits per heavy atom. The van der Waals surface area contributed by atoms with Crippen LogP contribution in [0.2, 0.25) is 0 Å². The van der Waals surface area contributed by atoms with Gasteiger partial charge in [0, 0.05) is 17.7 Å². The van der Waals surface area contributed by atoms with Crippen molar-refractivity contribution in [1.82, 2.24) is 0 Å². The molecule has 7 nitrogen and oxygen atoms in total. The van der Waals surface area contributed by atoms with Crippen molar-refractivity contribution in [2.45, 2.75) is 25.0 Å². The second-order valence-electron chi connectivity index (χ2n) is 7.59. The number of rotatable bonds is 3. The molecule has 0 unspecified atom stereocenters. The molecule has 1 atom stereocenters. The standard InChI is InChI=1S/C22H22O7/c1-21(2)8-7-13-16(29-21)6-5-14(19(13)27-4)22(25)11-28-17-10-12(26-3)9-15(23)18(17)20(22)24/h5-10,23,25H,11H2,1-4H3/t22-/m1/s1. The van der Waals surface area contributed by atoms with E-state index in [1.165, 1.54) is 26.4 Å². The number of aromatic hydroxyl groups is 1. The number of carbonyl (C=O) groups is 1. The van der Waals surface area contributed by atoms with Crippen molar-refractivity contribution in [3.63, 3.8) is 0 Å². The fourth-order valence-corrected chi connectivity index (χ4v) is 3.67. The van der Waals surface area contributed by atoms with Crippen molar-refractivity contribution in [1.29, 1.82) is 0 Å². The molecular weight excluding hydrogens is 376 g/mol. The highest BCUT2D eigenvalue weighted by Crippen LogP contribution is 2.47. The highest BCUT2D eigenvalue weighted by Gasteiger charge is 2.48. The monoisotopic (exact) mass is 398 g/mol. The molecular formula is C22H22O7. The van der Waals surface area contributed by atoms with Gasteiger partial charge < -0.3 is 29.2 Å². The van der Waals surface area contributed by atoms with Crippen LogP contribution in [-0.2, 0) is 5.60 Å². The van der Waals surface area contributed by atoms with Gasteiger partial charge in [0.25, 0.3) is 0 Å².